The number of halogens is 1. The normalized spacial score (nSPS) is 19.2. The first-order valence-corrected chi connectivity index (χ1v) is 6.91. The van der Waals surface area contributed by atoms with Gasteiger partial charge in [-0.15, -0.1) is 0 Å². The van der Waals surface area contributed by atoms with Crippen LogP contribution < -0.4 is 11.1 Å². The second kappa shape index (κ2) is 5.96. The molecular formula is C13H20BrN3. The Kier molecular flexibility index (Phi) is 4.56. The summed E-state index contributed by atoms with van der Waals surface area (Å²) in [7, 11) is 0. The van der Waals surface area contributed by atoms with Crippen molar-refractivity contribution in [3.8, 4) is 0 Å². The highest BCUT2D eigenvalue weighted by Gasteiger charge is 2.16. The lowest BCUT2D eigenvalue weighted by Gasteiger charge is -2.30. The molecule has 1 aromatic rings. The van der Waals surface area contributed by atoms with Crippen molar-refractivity contribution in [3.05, 3.63) is 33.8 Å². The molecule has 3 N–H and O–H groups in total. The molecule has 1 heterocycles. The molecule has 1 fully saturated rings. The lowest BCUT2D eigenvalue weighted by molar-refractivity contribution is 0.228. The fourth-order valence-electron chi connectivity index (χ4n) is 2.28. The SMILES string of the molecule is Cc1ccc(Br)cc1C(N)CN1CCNCC1. The first-order valence-electron chi connectivity index (χ1n) is 6.11. The van der Waals surface area contributed by atoms with E-state index in [-0.39, 0.29) is 6.04 Å². The highest BCUT2D eigenvalue weighted by atomic mass is 79.9. The summed E-state index contributed by atoms with van der Waals surface area (Å²) in [6.45, 7) is 7.41. The molecule has 2 rings (SSSR count). The van der Waals surface area contributed by atoms with Crippen LogP contribution in [-0.4, -0.2) is 37.6 Å². The minimum absolute atomic E-state index is 0.102. The van der Waals surface area contributed by atoms with Gasteiger partial charge in [-0.25, -0.2) is 0 Å². The maximum absolute atomic E-state index is 6.31. The summed E-state index contributed by atoms with van der Waals surface area (Å²) in [5.74, 6) is 0. The van der Waals surface area contributed by atoms with Gasteiger partial charge in [-0.05, 0) is 30.2 Å². The first kappa shape index (κ1) is 13.0. The van der Waals surface area contributed by atoms with Gasteiger partial charge in [0.1, 0.15) is 0 Å². The van der Waals surface area contributed by atoms with Crippen LogP contribution in [-0.2, 0) is 0 Å². The molecule has 1 atom stereocenters. The van der Waals surface area contributed by atoms with Crippen LogP contribution in [0.5, 0.6) is 0 Å². The van der Waals surface area contributed by atoms with Gasteiger partial charge in [-0.1, -0.05) is 22.0 Å². The fraction of sp³-hybridized carbons (Fsp3) is 0.538. The number of benzene rings is 1. The van der Waals surface area contributed by atoms with E-state index in [9.17, 15) is 0 Å². The maximum atomic E-state index is 6.31. The number of hydrogen-bond acceptors (Lipinski definition) is 3. The van der Waals surface area contributed by atoms with E-state index >= 15 is 0 Å². The summed E-state index contributed by atoms with van der Waals surface area (Å²) >= 11 is 3.51. The third-order valence-electron chi connectivity index (χ3n) is 3.31. The van der Waals surface area contributed by atoms with Crippen molar-refractivity contribution in [2.75, 3.05) is 32.7 Å². The third-order valence-corrected chi connectivity index (χ3v) is 3.80. The van der Waals surface area contributed by atoms with Crippen molar-refractivity contribution in [1.29, 1.82) is 0 Å². The molecule has 0 radical (unpaired) electrons. The molecule has 1 unspecified atom stereocenters. The van der Waals surface area contributed by atoms with Crippen LogP contribution in [0.25, 0.3) is 0 Å². The zero-order valence-electron chi connectivity index (χ0n) is 10.2. The van der Waals surface area contributed by atoms with Crippen molar-refractivity contribution in [1.82, 2.24) is 10.2 Å². The molecule has 0 aliphatic carbocycles. The molecule has 3 nitrogen and oxygen atoms in total. The van der Waals surface area contributed by atoms with Crippen LogP contribution in [0, 0.1) is 6.92 Å². The number of nitrogens with one attached hydrogen (secondary N) is 1. The zero-order valence-corrected chi connectivity index (χ0v) is 11.8. The molecule has 94 valence electrons. The Labute approximate surface area is 111 Å². The number of hydrogen-bond donors (Lipinski definition) is 2. The summed E-state index contributed by atoms with van der Waals surface area (Å²) in [6, 6.07) is 6.43. The zero-order chi connectivity index (χ0) is 12.3. The van der Waals surface area contributed by atoms with E-state index in [2.05, 4.69) is 51.3 Å². The van der Waals surface area contributed by atoms with Crippen LogP contribution in [0.15, 0.2) is 22.7 Å². The van der Waals surface area contributed by atoms with Gasteiger partial charge >= 0.3 is 0 Å². The van der Waals surface area contributed by atoms with E-state index in [1.54, 1.807) is 0 Å². The van der Waals surface area contributed by atoms with Crippen molar-refractivity contribution >= 4 is 15.9 Å². The number of nitrogens with two attached hydrogens (primary N) is 1. The largest absolute Gasteiger partial charge is 0.323 e. The average Bonchev–Trinajstić information content (AvgIpc) is 2.33. The Morgan fingerprint density at radius 2 is 2.12 bits per heavy atom. The Morgan fingerprint density at radius 3 is 2.82 bits per heavy atom. The number of rotatable bonds is 3. The molecular weight excluding hydrogens is 278 g/mol. The van der Waals surface area contributed by atoms with Gasteiger partial charge < -0.3 is 11.1 Å². The molecule has 4 heteroatoms. The lowest BCUT2D eigenvalue weighted by Crippen LogP contribution is -2.46. The number of piperazine rings is 1. The van der Waals surface area contributed by atoms with Crippen LogP contribution >= 0.6 is 15.9 Å². The molecule has 0 bridgehead atoms. The van der Waals surface area contributed by atoms with E-state index in [1.165, 1.54) is 11.1 Å². The summed E-state index contributed by atoms with van der Waals surface area (Å²) in [5, 5.41) is 3.36. The average molecular weight is 298 g/mol. The maximum Gasteiger partial charge on any atom is 0.0427 e. The summed E-state index contributed by atoms with van der Waals surface area (Å²) in [6.07, 6.45) is 0. The Bertz CT molecular complexity index is 375. The molecule has 0 amide bonds. The predicted octanol–water partition coefficient (Wildman–Crippen LogP) is 1.66. The molecule has 1 saturated heterocycles. The Hall–Kier alpha value is -0.420. The topological polar surface area (TPSA) is 41.3 Å². The van der Waals surface area contributed by atoms with Gasteiger partial charge in [-0.3, -0.25) is 4.90 Å². The summed E-state index contributed by atoms with van der Waals surface area (Å²) in [4.78, 5) is 2.43. The van der Waals surface area contributed by atoms with Crippen molar-refractivity contribution in [2.24, 2.45) is 5.73 Å². The molecule has 1 aliphatic rings. The van der Waals surface area contributed by atoms with Crippen LogP contribution in [0.3, 0.4) is 0 Å². The summed E-state index contributed by atoms with van der Waals surface area (Å²) in [5.41, 5.74) is 8.83. The van der Waals surface area contributed by atoms with Crippen LogP contribution in [0.1, 0.15) is 17.2 Å². The van der Waals surface area contributed by atoms with Crippen molar-refractivity contribution in [3.63, 3.8) is 0 Å². The highest BCUT2D eigenvalue weighted by molar-refractivity contribution is 9.10. The van der Waals surface area contributed by atoms with Gasteiger partial charge in [0.2, 0.25) is 0 Å². The third kappa shape index (κ3) is 3.52. The van der Waals surface area contributed by atoms with Gasteiger partial charge in [-0.2, -0.15) is 0 Å². The minimum atomic E-state index is 0.102. The van der Waals surface area contributed by atoms with Crippen LogP contribution in [0.2, 0.25) is 0 Å². The first-order chi connectivity index (χ1) is 8.16. The standard InChI is InChI=1S/C13H20BrN3/c1-10-2-3-11(14)8-12(10)13(15)9-17-6-4-16-5-7-17/h2-3,8,13,16H,4-7,9,15H2,1H3. The van der Waals surface area contributed by atoms with Gasteiger partial charge in [0.15, 0.2) is 0 Å². The fourth-order valence-corrected chi connectivity index (χ4v) is 2.66. The lowest BCUT2D eigenvalue weighted by atomic mass is 10.0. The second-order valence-electron chi connectivity index (χ2n) is 4.66. The molecule has 1 aliphatic heterocycles. The molecule has 1 aromatic carbocycles. The molecule has 17 heavy (non-hydrogen) atoms. The smallest absolute Gasteiger partial charge is 0.0427 e. The minimum Gasteiger partial charge on any atom is -0.323 e. The van der Waals surface area contributed by atoms with Crippen LogP contribution in [0.4, 0.5) is 0 Å². The predicted molar refractivity (Wildman–Crippen MR) is 75.1 cm³/mol. The van der Waals surface area contributed by atoms with Gasteiger partial charge in [0.25, 0.3) is 0 Å². The second-order valence-corrected chi connectivity index (χ2v) is 5.57. The van der Waals surface area contributed by atoms with Gasteiger partial charge in [0, 0.05) is 43.2 Å². The Balaban J connectivity index is 2.02. The number of nitrogens with zero attached hydrogens (tertiary/aromatic N) is 1. The van der Waals surface area contributed by atoms with Crippen molar-refractivity contribution < 1.29 is 0 Å². The van der Waals surface area contributed by atoms with E-state index < -0.39 is 0 Å². The van der Waals surface area contributed by atoms with Crippen molar-refractivity contribution in [2.45, 2.75) is 13.0 Å². The van der Waals surface area contributed by atoms with E-state index in [0.29, 0.717) is 0 Å². The quantitative estimate of drug-likeness (QED) is 0.892. The highest BCUT2D eigenvalue weighted by Crippen LogP contribution is 2.21. The Morgan fingerprint density at radius 1 is 1.41 bits per heavy atom. The molecule has 0 saturated carbocycles. The van der Waals surface area contributed by atoms with E-state index in [1.807, 2.05) is 0 Å². The molecule has 0 spiro atoms. The van der Waals surface area contributed by atoms with E-state index in [0.717, 1.165) is 37.2 Å². The van der Waals surface area contributed by atoms with E-state index in [4.69, 9.17) is 5.73 Å². The number of aryl methyl sites for hydroxylation is 1. The van der Waals surface area contributed by atoms with Gasteiger partial charge in [0.05, 0.1) is 0 Å². The molecule has 0 aromatic heterocycles. The monoisotopic (exact) mass is 297 g/mol. The summed E-state index contributed by atoms with van der Waals surface area (Å²) < 4.78 is 1.11.